The van der Waals surface area contributed by atoms with E-state index in [0.29, 0.717) is 42.8 Å². The number of benzene rings is 2. The molecule has 1 aliphatic heterocycles. The quantitative estimate of drug-likeness (QED) is 0.233. The fourth-order valence-electron chi connectivity index (χ4n) is 4.24. The highest BCUT2D eigenvalue weighted by molar-refractivity contribution is 5.97. The van der Waals surface area contributed by atoms with E-state index in [-0.39, 0.29) is 48.3 Å². The van der Waals surface area contributed by atoms with Crippen molar-refractivity contribution in [3.8, 4) is 17.6 Å². The van der Waals surface area contributed by atoms with Gasteiger partial charge in [-0.05, 0) is 68.8 Å². The first-order valence-electron chi connectivity index (χ1n) is 14.2. The molecule has 0 aliphatic carbocycles. The molecule has 1 aliphatic rings. The van der Waals surface area contributed by atoms with Crippen molar-refractivity contribution in [1.29, 1.82) is 5.26 Å². The molecule has 0 spiro atoms. The van der Waals surface area contributed by atoms with Gasteiger partial charge in [0.2, 0.25) is 5.91 Å². The van der Waals surface area contributed by atoms with Crippen molar-refractivity contribution in [3.05, 3.63) is 64.9 Å². The van der Waals surface area contributed by atoms with Crippen LogP contribution in [-0.4, -0.2) is 73.8 Å². The van der Waals surface area contributed by atoms with Crippen molar-refractivity contribution >= 4 is 30.0 Å². The zero-order chi connectivity index (χ0) is 32.3. The van der Waals surface area contributed by atoms with Crippen molar-refractivity contribution in [1.82, 2.24) is 15.5 Å². The Morgan fingerprint density at radius 3 is 2.34 bits per heavy atom. The third kappa shape index (κ3) is 10.3. The number of nitrogens with zero attached hydrogens (tertiary/aromatic N) is 2. The van der Waals surface area contributed by atoms with Crippen LogP contribution in [-0.2, 0) is 19.1 Å². The van der Waals surface area contributed by atoms with Gasteiger partial charge in [-0.15, -0.1) is 0 Å². The molecule has 2 aromatic rings. The number of nitriles is 1. The van der Waals surface area contributed by atoms with Gasteiger partial charge in [-0.3, -0.25) is 9.59 Å². The average Bonchev–Trinajstić information content (AvgIpc) is 2.98. The minimum Gasteiger partial charge on any atom is -0.490 e. The predicted octanol–water partition coefficient (Wildman–Crippen LogP) is 3.80. The topological polar surface area (TPSA) is 156 Å². The van der Waals surface area contributed by atoms with Crippen LogP contribution in [0.15, 0.2) is 48.2 Å². The molecule has 2 aromatic carbocycles. The highest BCUT2D eigenvalue weighted by atomic mass is 16.6. The maximum absolute atomic E-state index is 12.6. The van der Waals surface area contributed by atoms with Crippen LogP contribution in [0.25, 0.3) is 6.08 Å². The largest absolute Gasteiger partial charge is 0.490 e. The van der Waals surface area contributed by atoms with E-state index in [2.05, 4.69) is 10.6 Å². The summed E-state index contributed by atoms with van der Waals surface area (Å²) in [5.41, 5.74) is 0.593. The van der Waals surface area contributed by atoms with E-state index >= 15 is 0 Å². The molecule has 3 rings (SSSR count). The Hall–Kier alpha value is -5.05. The number of nitrogens with one attached hydrogen (secondary N) is 2. The molecule has 1 heterocycles. The second-order valence-corrected chi connectivity index (χ2v) is 11.0. The van der Waals surface area contributed by atoms with E-state index in [4.69, 9.17) is 18.9 Å². The Labute approximate surface area is 256 Å². The molecule has 0 saturated carbocycles. The molecule has 0 unspecified atom stereocenters. The first-order valence-corrected chi connectivity index (χ1v) is 14.2. The third-order valence-electron chi connectivity index (χ3n) is 6.31. The molecule has 0 radical (unpaired) electrons. The summed E-state index contributed by atoms with van der Waals surface area (Å²) in [7, 11) is 1.20. The van der Waals surface area contributed by atoms with Crippen LogP contribution in [0.1, 0.15) is 62.0 Å². The predicted molar refractivity (Wildman–Crippen MR) is 161 cm³/mol. The molecule has 1 fully saturated rings. The maximum Gasteiger partial charge on any atom is 0.410 e. The summed E-state index contributed by atoms with van der Waals surface area (Å²) in [5.74, 6) is -0.591. The molecular formula is C32H38N4O8. The van der Waals surface area contributed by atoms with Crippen molar-refractivity contribution in [2.45, 2.75) is 52.2 Å². The van der Waals surface area contributed by atoms with Gasteiger partial charge in [0.05, 0.1) is 19.2 Å². The van der Waals surface area contributed by atoms with Gasteiger partial charge in [0.1, 0.15) is 41.6 Å². The Balaban J connectivity index is 1.49. The van der Waals surface area contributed by atoms with Crippen LogP contribution < -0.4 is 20.1 Å². The normalized spacial score (nSPS) is 13.7. The zero-order valence-corrected chi connectivity index (χ0v) is 25.6. The number of carbonyl (C=O) groups is 4. The first-order chi connectivity index (χ1) is 20.9. The number of methoxy groups -OCH3 is 1. The van der Waals surface area contributed by atoms with Crippen LogP contribution in [0.2, 0.25) is 0 Å². The fraction of sp³-hybridized carbons (Fsp3) is 0.406. The van der Waals surface area contributed by atoms with Gasteiger partial charge in [-0.2, -0.15) is 5.26 Å². The van der Waals surface area contributed by atoms with Gasteiger partial charge >= 0.3 is 12.1 Å². The van der Waals surface area contributed by atoms with E-state index < -0.39 is 17.5 Å². The van der Waals surface area contributed by atoms with Gasteiger partial charge in [0.25, 0.3) is 5.91 Å². The minimum absolute atomic E-state index is 0.0461. The Bertz CT molecular complexity index is 1420. The summed E-state index contributed by atoms with van der Waals surface area (Å²) in [4.78, 5) is 50.0. The third-order valence-corrected chi connectivity index (χ3v) is 6.31. The molecular weight excluding hydrogens is 568 g/mol. The van der Waals surface area contributed by atoms with E-state index in [1.165, 1.54) is 26.2 Å². The molecule has 12 heteroatoms. The molecule has 234 valence electrons. The van der Waals surface area contributed by atoms with Gasteiger partial charge < -0.3 is 34.5 Å². The summed E-state index contributed by atoms with van der Waals surface area (Å²) in [6.45, 7) is 8.12. The number of carbonyl (C=O) groups excluding carboxylic acids is 4. The molecule has 0 bridgehead atoms. The smallest absolute Gasteiger partial charge is 0.410 e. The standard InChI is InChI=1S/C32H38N4O8/c1-21(37)35-27(30(39)41-5)18-22-6-7-24(20-33)28(19-22)42-17-14-34-29(38)23-8-10-25(11-9-23)43-26-12-15-36(16-13-26)31(40)44-32(2,3)4/h6-11,18-19,26H,12-17H2,1-5H3,(H,34,38)(H,35,37). The van der Waals surface area contributed by atoms with E-state index in [1.807, 2.05) is 26.8 Å². The van der Waals surface area contributed by atoms with Gasteiger partial charge in [0, 0.05) is 38.4 Å². The minimum atomic E-state index is -0.727. The number of piperidine rings is 1. The van der Waals surface area contributed by atoms with Crippen molar-refractivity contribution in [2.75, 3.05) is 33.4 Å². The molecule has 0 aromatic heterocycles. The maximum atomic E-state index is 12.6. The summed E-state index contributed by atoms with van der Waals surface area (Å²) >= 11 is 0. The number of ether oxygens (including phenoxy) is 4. The van der Waals surface area contributed by atoms with Crippen LogP contribution in [0.3, 0.4) is 0 Å². The number of esters is 1. The zero-order valence-electron chi connectivity index (χ0n) is 25.6. The monoisotopic (exact) mass is 606 g/mol. The SMILES string of the molecule is COC(=O)C(=Cc1ccc(C#N)c(OCCNC(=O)c2ccc(OC3CCN(C(=O)OC(C)(C)C)CC3)cc2)c1)NC(C)=O. The van der Waals surface area contributed by atoms with Crippen LogP contribution >= 0.6 is 0 Å². The van der Waals surface area contributed by atoms with Crippen molar-refractivity contribution in [2.24, 2.45) is 0 Å². The molecule has 0 atom stereocenters. The number of hydrogen-bond acceptors (Lipinski definition) is 9. The lowest BCUT2D eigenvalue weighted by Crippen LogP contribution is -2.44. The molecule has 12 nitrogen and oxygen atoms in total. The summed E-state index contributed by atoms with van der Waals surface area (Å²) in [6.07, 6.45) is 2.39. The second kappa shape index (κ2) is 15.4. The van der Waals surface area contributed by atoms with Crippen LogP contribution in [0, 0.1) is 11.3 Å². The first kappa shape index (κ1) is 33.5. The summed E-state index contributed by atoms with van der Waals surface area (Å²) < 4.78 is 21.9. The van der Waals surface area contributed by atoms with E-state index in [0.717, 1.165) is 0 Å². The molecule has 3 amide bonds. The number of hydrogen-bond donors (Lipinski definition) is 2. The summed E-state index contributed by atoms with van der Waals surface area (Å²) in [5, 5.41) is 14.6. The highest BCUT2D eigenvalue weighted by Crippen LogP contribution is 2.23. The number of likely N-dealkylation sites (tertiary alicyclic amines) is 1. The van der Waals surface area contributed by atoms with Crippen LogP contribution in [0.5, 0.6) is 11.5 Å². The Kier molecular flexibility index (Phi) is 11.7. The van der Waals surface area contributed by atoms with Gasteiger partial charge in [-0.25, -0.2) is 9.59 Å². The Morgan fingerprint density at radius 1 is 1.07 bits per heavy atom. The lowest BCUT2D eigenvalue weighted by atomic mass is 10.1. The fourth-order valence-corrected chi connectivity index (χ4v) is 4.24. The van der Waals surface area contributed by atoms with E-state index in [1.54, 1.807) is 41.3 Å². The molecule has 1 saturated heterocycles. The van der Waals surface area contributed by atoms with Gasteiger partial charge in [0.15, 0.2) is 0 Å². The average molecular weight is 607 g/mol. The lowest BCUT2D eigenvalue weighted by molar-refractivity contribution is -0.137. The van der Waals surface area contributed by atoms with Crippen molar-refractivity contribution in [3.63, 3.8) is 0 Å². The summed E-state index contributed by atoms with van der Waals surface area (Å²) in [6, 6.07) is 13.5. The molecule has 2 N–H and O–H groups in total. The van der Waals surface area contributed by atoms with Crippen LogP contribution in [0.4, 0.5) is 4.79 Å². The number of rotatable bonds is 10. The second-order valence-electron chi connectivity index (χ2n) is 11.0. The molecule has 44 heavy (non-hydrogen) atoms. The highest BCUT2D eigenvalue weighted by Gasteiger charge is 2.27. The van der Waals surface area contributed by atoms with Crippen molar-refractivity contribution < 1.29 is 38.1 Å². The number of amides is 3. The van der Waals surface area contributed by atoms with E-state index in [9.17, 15) is 24.4 Å². The van der Waals surface area contributed by atoms with Gasteiger partial charge in [-0.1, -0.05) is 6.07 Å². The lowest BCUT2D eigenvalue weighted by Gasteiger charge is -2.33. The Morgan fingerprint density at radius 2 is 1.75 bits per heavy atom.